The Bertz CT molecular complexity index is 1140. The van der Waals surface area contributed by atoms with E-state index in [9.17, 15) is 9.59 Å². The first-order valence-corrected chi connectivity index (χ1v) is 11.2. The van der Waals surface area contributed by atoms with Crippen LogP contribution >= 0.6 is 0 Å². The van der Waals surface area contributed by atoms with Crippen LogP contribution in [0, 0.1) is 12.8 Å². The fourth-order valence-electron chi connectivity index (χ4n) is 4.51. The molecule has 4 heterocycles. The number of Topliss-reactive ketones (excluding diaryl/α,β-unsaturated/α-hetero) is 1. The van der Waals surface area contributed by atoms with Gasteiger partial charge < -0.3 is 10.2 Å². The van der Waals surface area contributed by atoms with Gasteiger partial charge in [-0.2, -0.15) is 10.2 Å². The molecule has 2 N–H and O–H groups in total. The van der Waals surface area contributed by atoms with Crippen LogP contribution in [-0.2, 0) is 4.79 Å². The van der Waals surface area contributed by atoms with Crippen molar-refractivity contribution < 1.29 is 9.59 Å². The van der Waals surface area contributed by atoms with Crippen molar-refractivity contribution in [2.45, 2.75) is 59.0 Å². The summed E-state index contributed by atoms with van der Waals surface area (Å²) in [6, 6.07) is 4.03. The highest BCUT2D eigenvalue weighted by Crippen LogP contribution is 2.31. The Balaban J connectivity index is 1.50. The fraction of sp³-hybridized carbons (Fsp3) is 0.522. The Morgan fingerprint density at radius 3 is 2.53 bits per heavy atom. The quantitative estimate of drug-likeness (QED) is 0.453. The molecule has 1 aliphatic rings. The summed E-state index contributed by atoms with van der Waals surface area (Å²) in [6.45, 7) is 12.3. The zero-order valence-corrected chi connectivity index (χ0v) is 19.3. The van der Waals surface area contributed by atoms with E-state index in [2.05, 4.69) is 58.2 Å². The molecule has 0 saturated carbocycles. The molecule has 0 spiro atoms. The van der Waals surface area contributed by atoms with Gasteiger partial charge in [0.1, 0.15) is 12.0 Å². The van der Waals surface area contributed by atoms with E-state index < -0.39 is 11.7 Å². The molecule has 9 heteroatoms. The van der Waals surface area contributed by atoms with E-state index in [0.29, 0.717) is 11.7 Å². The third-order valence-corrected chi connectivity index (χ3v) is 6.78. The van der Waals surface area contributed by atoms with E-state index in [0.717, 1.165) is 42.7 Å². The van der Waals surface area contributed by atoms with Crippen LogP contribution in [0.2, 0.25) is 0 Å². The highest BCUT2D eigenvalue weighted by atomic mass is 16.2. The van der Waals surface area contributed by atoms with Crippen molar-refractivity contribution >= 4 is 17.3 Å². The number of aryl methyl sites for hydroxylation is 1. The summed E-state index contributed by atoms with van der Waals surface area (Å²) in [6.07, 6.45) is 4.96. The number of carbonyl (C=O) groups is 2. The monoisotopic (exact) mass is 437 g/mol. The third kappa shape index (κ3) is 4.04. The second-order valence-corrected chi connectivity index (χ2v) is 9.33. The first-order chi connectivity index (χ1) is 15.2. The lowest BCUT2D eigenvalue weighted by atomic mass is 9.77. The molecule has 32 heavy (non-hydrogen) atoms. The Hall–Kier alpha value is -3.07. The molecule has 0 aliphatic carbocycles. The topological polar surface area (TPSA) is 108 Å². The van der Waals surface area contributed by atoms with Crippen LogP contribution in [0.4, 0.5) is 0 Å². The summed E-state index contributed by atoms with van der Waals surface area (Å²) in [5.74, 6) is -1.00. The first-order valence-electron chi connectivity index (χ1n) is 11.2. The third-order valence-electron chi connectivity index (χ3n) is 6.78. The Morgan fingerprint density at radius 1 is 1.16 bits per heavy atom. The molecule has 0 bridgehead atoms. The maximum Gasteiger partial charge on any atom is 0.294 e. The minimum Gasteiger partial charge on any atom is -0.343 e. The first kappa shape index (κ1) is 22.1. The van der Waals surface area contributed by atoms with Crippen LogP contribution < -0.4 is 5.32 Å². The molecule has 1 fully saturated rings. The molecule has 0 aromatic carbocycles. The molecule has 1 amide bonds. The zero-order chi connectivity index (χ0) is 23.0. The minimum absolute atomic E-state index is 0.104. The van der Waals surface area contributed by atoms with E-state index in [1.807, 2.05) is 19.2 Å². The van der Waals surface area contributed by atoms with Crippen molar-refractivity contribution in [2.75, 3.05) is 13.1 Å². The largest absolute Gasteiger partial charge is 0.343 e. The van der Waals surface area contributed by atoms with E-state index in [-0.39, 0.29) is 17.2 Å². The van der Waals surface area contributed by atoms with Gasteiger partial charge in [-0.1, -0.05) is 13.8 Å². The van der Waals surface area contributed by atoms with Gasteiger partial charge in [0.15, 0.2) is 5.65 Å². The lowest BCUT2D eigenvalue weighted by Crippen LogP contribution is -2.60. The van der Waals surface area contributed by atoms with E-state index >= 15 is 0 Å². The van der Waals surface area contributed by atoms with Crippen LogP contribution in [0.1, 0.15) is 56.6 Å². The molecule has 4 rings (SSSR count). The molecule has 0 atom stereocenters. The number of aromatic nitrogens is 5. The summed E-state index contributed by atoms with van der Waals surface area (Å²) < 4.78 is 1.68. The van der Waals surface area contributed by atoms with Gasteiger partial charge in [-0.3, -0.25) is 14.7 Å². The molecule has 170 valence electrons. The molecular weight excluding hydrogens is 406 g/mol. The standard InChI is InChI=1S/C23H31N7O2/c1-14(2)23(6-8-29(9-7-23)15(3)4)26-22(32)20(31)19-11-18(27-28-19)17-10-16(5)21-24-13-25-30(21)12-17/h10-15H,6-9H2,1-5H3,(H,26,32)(H,27,28). The van der Waals surface area contributed by atoms with Gasteiger partial charge in [0, 0.05) is 36.4 Å². The van der Waals surface area contributed by atoms with Crippen LogP contribution in [-0.4, -0.2) is 66.1 Å². The van der Waals surface area contributed by atoms with Gasteiger partial charge in [-0.05, 0) is 57.2 Å². The Morgan fingerprint density at radius 2 is 1.88 bits per heavy atom. The lowest BCUT2D eigenvalue weighted by molar-refractivity contribution is -0.120. The van der Waals surface area contributed by atoms with E-state index in [1.165, 1.54) is 6.33 Å². The number of fused-ring (bicyclic) bond motifs is 1. The summed E-state index contributed by atoms with van der Waals surface area (Å²) in [5.41, 5.74) is 2.90. The predicted molar refractivity (Wildman–Crippen MR) is 121 cm³/mol. The number of hydrogen-bond donors (Lipinski definition) is 2. The summed E-state index contributed by atoms with van der Waals surface area (Å²) in [4.78, 5) is 32.5. The second kappa shape index (κ2) is 8.46. The van der Waals surface area contributed by atoms with Gasteiger partial charge in [0.25, 0.3) is 11.7 Å². The number of rotatable bonds is 6. The highest BCUT2D eigenvalue weighted by Gasteiger charge is 2.40. The highest BCUT2D eigenvalue weighted by molar-refractivity contribution is 6.42. The van der Waals surface area contributed by atoms with Crippen molar-refractivity contribution in [3.8, 4) is 11.3 Å². The average molecular weight is 438 g/mol. The SMILES string of the molecule is Cc1cc(-c2cc(C(=O)C(=O)NC3(C(C)C)CCN(C(C)C)CC3)n[nH]2)cn2ncnc12. The van der Waals surface area contributed by atoms with Gasteiger partial charge in [0.2, 0.25) is 0 Å². The molecular formula is C23H31N7O2. The number of hydrogen-bond acceptors (Lipinski definition) is 6. The number of carbonyl (C=O) groups excluding carboxylic acids is 2. The number of nitrogens with zero attached hydrogens (tertiary/aromatic N) is 5. The average Bonchev–Trinajstić information content (AvgIpc) is 3.43. The lowest BCUT2D eigenvalue weighted by Gasteiger charge is -2.46. The normalized spacial score (nSPS) is 16.7. The molecule has 3 aromatic rings. The number of aromatic amines is 1. The number of likely N-dealkylation sites (tertiary alicyclic amines) is 1. The Kier molecular flexibility index (Phi) is 5.85. The number of amides is 1. The number of nitrogens with one attached hydrogen (secondary N) is 2. The van der Waals surface area contributed by atoms with Crippen LogP contribution in [0.5, 0.6) is 0 Å². The zero-order valence-electron chi connectivity index (χ0n) is 19.3. The predicted octanol–water partition coefficient (Wildman–Crippen LogP) is 2.63. The molecule has 1 saturated heterocycles. The minimum atomic E-state index is -0.627. The van der Waals surface area contributed by atoms with E-state index in [1.54, 1.807) is 10.6 Å². The van der Waals surface area contributed by atoms with Crippen molar-refractivity contribution in [3.05, 3.63) is 35.9 Å². The van der Waals surface area contributed by atoms with Crippen molar-refractivity contribution in [1.29, 1.82) is 0 Å². The summed E-state index contributed by atoms with van der Waals surface area (Å²) >= 11 is 0. The molecule has 3 aromatic heterocycles. The van der Waals surface area contributed by atoms with Gasteiger partial charge in [-0.15, -0.1) is 0 Å². The van der Waals surface area contributed by atoms with Gasteiger partial charge in [0.05, 0.1) is 5.69 Å². The maximum atomic E-state index is 12.9. The fourth-order valence-corrected chi connectivity index (χ4v) is 4.51. The van der Waals surface area contributed by atoms with Crippen LogP contribution in [0.3, 0.4) is 0 Å². The summed E-state index contributed by atoms with van der Waals surface area (Å²) in [7, 11) is 0. The van der Waals surface area contributed by atoms with Gasteiger partial charge >= 0.3 is 0 Å². The molecule has 1 aliphatic heterocycles. The molecule has 9 nitrogen and oxygen atoms in total. The van der Waals surface area contributed by atoms with Crippen molar-refractivity contribution in [1.82, 2.24) is 35.0 Å². The maximum absolute atomic E-state index is 12.9. The smallest absolute Gasteiger partial charge is 0.294 e. The van der Waals surface area contributed by atoms with Crippen molar-refractivity contribution in [2.24, 2.45) is 5.92 Å². The molecule has 0 unspecified atom stereocenters. The van der Waals surface area contributed by atoms with Crippen LogP contribution in [0.25, 0.3) is 16.9 Å². The Labute approximate surface area is 187 Å². The number of ketones is 1. The van der Waals surface area contributed by atoms with E-state index in [4.69, 9.17) is 0 Å². The summed E-state index contributed by atoms with van der Waals surface area (Å²) in [5, 5.41) is 14.2. The number of H-pyrrole nitrogens is 1. The van der Waals surface area contributed by atoms with Crippen molar-refractivity contribution in [3.63, 3.8) is 0 Å². The van der Waals surface area contributed by atoms with Gasteiger partial charge in [-0.25, -0.2) is 9.50 Å². The second-order valence-electron chi connectivity index (χ2n) is 9.33. The number of piperidine rings is 1. The molecule has 0 radical (unpaired) electrons. The van der Waals surface area contributed by atoms with Crippen LogP contribution in [0.15, 0.2) is 24.7 Å². The number of pyridine rings is 1.